The summed E-state index contributed by atoms with van der Waals surface area (Å²) in [6.07, 6.45) is 8.59. The Labute approximate surface area is 176 Å². The molecular weight excluding hydrogens is 459 g/mol. The third kappa shape index (κ3) is 5.68. The smallest absolute Gasteiger partial charge is 0.191 e. The number of aromatic nitrogens is 3. The summed E-state index contributed by atoms with van der Waals surface area (Å²) in [5.74, 6) is 2.87. The molecule has 2 N–H and O–H groups in total. The third-order valence-electron chi connectivity index (χ3n) is 4.87. The Bertz CT molecular complexity index is 711. The van der Waals surface area contributed by atoms with Crippen molar-refractivity contribution in [2.24, 2.45) is 4.99 Å². The van der Waals surface area contributed by atoms with Gasteiger partial charge in [-0.1, -0.05) is 0 Å². The van der Waals surface area contributed by atoms with Gasteiger partial charge in [0.2, 0.25) is 0 Å². The van der Waals surface area contributed by atoms with Gasteiger partial charge in [0, 0.05) is 32.0 Å². The number of hydrogen-bond acceptors (Lipinski definition) is 5. The first kappa shape index (κ1) is 20.1. The van der Waals surface area contributed by atoms with Crippen LogP contribution in [-0.2, 0) is 24.1 Å². The highest BCUT2D eigenvalue weighted by Crippen LogP contribution is 2.13. The van der Waals surface area contributed by atoms with Crippen LogP contribution in [0.15, 0.2) is 34.1 Å². The van der Waals surface area contributed by atoms with E-state index in [9.17, 15) is 0 Å². The number of halogens is 1. The van der Waals surface area contributed by atoms with Crippen molar-refractivity contribution in [3.63, 3.8) is 0 Å². The fourth-order valence-electron chi connectivity index (χ4n) is 3.44. The molecule has 2 unspecified atom stereocenters. The van der Waals surface area contributed by atoms with Gasteiger partial charge in [-0.25, -0.2) is 9.67 Å². The molecule has 2 aliphatic rings. The topological polar surface area (TPSA) is 89.5 Å². The van der Waals surface area contributed by atoms with Gasteiger partial charge < -0.3 is 19.8 Å². The van der Waals surface area contributed by atoms with Crippen LogP contribution in [0.2, 0.25) is 0 Å². The second-order valence-electron chi connectivity index (χ2n) is 6.82. The summed E-state index contributed by atoms with van der Waals surface area (Å²) >= 11 is 0. The van der Waals surface area contributed by atoms with Crippen LogP contribution in [-0.4, -0.2) is 52.6 Å². The van der Waals surface area contributed by atoms with Crippen molar-refractivity contribution < 1.29 is 9.15 Å². The number of rotatable bonds is 6. The SMILES string of the molecule is I.c1coc(CCNC(=NCC2CCCO2)NC2CCc3ncnn3C2)c1. The van der Waals surface area contributed by atoms with Crippen molar-refractivity contribution in [2.75, 3.05) is 19.7 Å². The normalized spacial score (nSPS) is 22.1. The molecule has 0 saturated carbocycles. The number of ether oxygens (including phenoxy) is 1. The van der Waals surface area contributed by atoms with E-state index in [2.05, 4.69) is 20.7 Å². The van der Waals surface area contributed by atoms with E-state index in [1.54, 1.807) is 12.6 Å². The van der Waals surface area contributed by atoms with E-state index in [0.29, 0.717) is 12.6 Å². The van der Waals surface area contributed by atoms with Gasteiger partial charge in [0.1, 0.15) is 17.9 Å². The van der Waals surface area contributed by atoms with Gasteiger partial charge in [-0.15, -0.1) is 24.0 Å². The molecule has 0 radical (unpaired) electrons. The predicted molar refractivity (Wildman–Crippen MR) is 112 cm³/mol. The Balaban J connectivity index is 0.00000210. The van der Waals surface area contributed by atoms with Crippen molar-refractivity contribution in [1.29, 1.82) is 0 Å². The number of hydrogen-bond donors (Lipinski definition) is 2. The Kier molecular flexibility index (Phi) is 7.50. The lowest BCUT2D eigenvalue weighted by Crippen LogP contribution is -2.47. The molecule has 0 aromatic carbocycles. The molecule has 0 spiro atoms. The number of nitrogens with zero attached hydrogens (tertiary/aromatic N) is 4. The van der Waals surface area contributed by atoms with Gasteiger partial charge in [0.15, 0.2) is 5.96 Å². The van der Waals surface area contributed by atoms with Gasteiger partial charge >= 0.3 is 0 Å². The monoisotopic (exact) mass is 486 g/mol. The molecule has 4 heterocycles. The highest BCUT2D eigenvalue weighted by atomic mass is 127. The predicted octanol–water partition coefficient (Wildman–Crippen LogP) is 1.76. The summed E-state index contributed by atoms with van der Waals surface area (Å²) in [4.78, 5) is 9.04. The van der Waals surface area contributed by atoms with Gasteiger partial charge in [0.05, 0.1) is 25.5 Å². The maximum Gasteiger partial charge on any atom is 0.191 e. The zero-order valence-electron chi connectivity index (χ0n) is 15.3. The fourth-order valence-corrected chi connectivity index (χ4v) is 3.44. The quantitative estimate of drug-likeness (QED) is 0.368. The van der Waals surface area contributed by atoms with Gasteiger partial charge in [-0.3, -0.25) is 4.99 Å². The van der Waals surface area contributed by atoms with Crippen LogP contribution in [0, 0.1) is 0 Å². The molecule has 1 fully saturated rings. The highest BCUT2D eigenvalue weighted by Gasteiger charge is 2.21. The molecule has 148 valence electrons. The van der Waals surface area contributed by atoms with Crippen LogP contribution in [0.3, 0.4) is 0 Å². The summed E-state index contributed by atoms with van der Waals surface area (Å²) in [7, 11) is 0. The lowest BCUT2D eigenvalue weighted by atomic mass is 10.1. The molecule has 4 rings (SSSR count). The van der Waals surface area contributed by atoms with Crippen molar-refractivity contribution in [2.45, 2.75) is 50.8 Å². The minimum Gasteiger partial charge on any atom is -0.469 e. The first-order valence-electron chi connectivity index (χ1n) is 9.42. The molecule has 2 aliphatic heterocycles. The number of aryl methyl sites for hydroxylation is 1. The van der Waals surface area contributed by atoms with E-state index >= 15 is 0 Å². The van der Waals surface area contributed by atoms with E-state index in [0.717, 1.165) is 69.3 Å². The molecule has 1 saturated heterocycles. The van der Waals surface area contributed by atoms with E-state index < -0.39 is 0 Å². The molecular formula is C18H27IN6O2. The third-order valence-corrected chi connectivity index (χ3v) is 4.87. The average molecular weight is 486 g/mol. The minimum atomic E-state index is 0. The number of nitrogens with one attached hydrogen (secondary N) is 2. The Morgan fingerprint density at radius 2 is 2.33 bits per heavy atom. The number of furan rings is 1. The first-order chi connectivity index (χ1) is 12.9. The molecule has 2 aromatic heterocycles. The number of aliphatic imine (C=N–C) groups is 1. The maximum atomic E-state index is 5.69. The molecule has 8 nitrogen and oxygen atoms in total. The summed E-state index contributed by atoms with van der Waals surface area (Å²) in [5, 5.41) is 11.3. The van der Waals surface area contributed by atoms with Crippen LogP contribution in [0.4, 0.5) is 0 Å². The Hall–Kier alpha value is -1.62. The van der Waals surface area contributed by atoms with Crippen molar-refractivity contribution in [3.05, 3.63) is 36.3 Å². The van der Waals surface area contributed by atoms with Crippen LogP contribution < -0.4 is 10.6 Å². The van der Waals surface area contributed by atoms with Crippen LogP contribution in [0.5, 0.6) is 0 Å². The second-order valence-corrected chi connectivity index (χ2v) is 6.82. The summed E-state index contributed by atoms with van der Waals surface area (Å²) in [6, 6.07) is 4.20. The van der Waals surface area contributed by atoms with E-state index in [1.807, 2.05) is 16.8 Å². The van der Waals surface area contributed by atoms with Gasteiger partial charge in [-0.05, 0) is 31.4 Å². The Morgan fingerprint density at radius 3 is 3.15 bits per heavy atom. The molecule has 2 atom stereocenters. The second kappa shape index (κ2) is 10.1. The Morgan fingerprint density at radius 1 is 1.37 bits per heavy atom. The molecule has 9 heteroatoms. The molecule has 0 bridgehead atoms. The van der Waals surface area contributed by atoms with E-state index in [1.165, 1.54) is 0 Å². The van der Waals surface area contributed by atoms with E-state index in [-0.39, 0.29) is 30.1 Å². The van der Waals surface area contributed by atoms with Gasteiger partial charge in [-0.2, -0.15) is 5.10 Å². The van der Waals surface area contributed by atoms with Crippen molar-refractivity contribution in [1.82, 2.24) is 25.4 Å². The van der Waals surface area contributed by atoms with E-state index in [4.69, 9.17) is 14.1 Å². The van der Waals surface area contributed by atoms with Crippen LogP contribution in [0.1, 0.15) is 30.8 Å². The number of guanidine groups is 1. The zero-order chi connectivity index (χ0) is 17.6. The maximum absolute atomic E-state index is 5.69. The zero-order valence-corrected chi connectivity index (χ0v) is 17.7. The first-order valence-corrected chi connectivity index (χ1v) is 9.42. The summed E-state index contributed by atoms with van der Waals surface area (Å²) in [6.45, 7) is 3.13. The minimum absolute atomic E-state index is 0. The average Bonchev–Trinajstić information content (AvgIpc) is 3.41. The lowest BCUT2D eigenvalue weighted by Gasteiger charge is -2.25. The largest absolute Gasteiger partial charge is 0.469 e. The highest BCUT2D eigenvalue weighted by molar-refractivity contribution is 14.0. The van der Waals surface area contributed by atoms with Crippen LogP contribution in [0.25, 0.3) is 0 Å². The molecule has 2 aromatic rings. The summed E-state index contributed by atoms with van der Waals surface area (Å²) < 4.78 is 13.1. The molecule has 0 amide bonds. The molecule has 27 heavy (non-hydrogen) atoms. The standard InChI is InChI=1S/C18H26N6O2.HI/c1-3-15(25-9-1)7-8-19-18(20-11-16-4-2-10-26-16)23-14-5-6-17-21-13-22-24(17)12-14;/h1,3,9,13-14,16H,2,4-8,10-12H2,(H2,19,20,23);1H. The molecule has 0 aliphatic carbocycles. The summed E-state index contributed by atoms with van der Waals surface area (Å²) in [5.41, 5.74) is 0. The van der Waals surface area contributed by atoms with Gasteiger partial charge in [0.25, 0.3) is 0 Å². The lowest BCUT2D eigenvalue weighted by molar-refractivity contribution is 0.117. The van der Waals surface area contributed by atoms with Crippen molar-refractivity contribution in [3.8, 4) is 0 Å². The fraction of sp³-hybridized carbons (Fsp3) is 0.611. The van der Waals surface area contributed by atoms with Crippen LogP contribution >= 0.6 is 24.0 Å². The number of fused-ring (bicyclic) bond motifs is 1. The van der Waals surface area contributed by atoms with Crippen molar-refractivity contribution >= 4 is 29.9 Å².